The molecule has 1 fully saturated rings. The monoisotopic (exact) mass is 218 g/mol. The number of hydrogen-bond acceptors (Lipinski definition) is 2. The Kier molecular flexibility index (Phi) is 2.22. The quantitative estimate of drug-likeness (QED) is 0.724. The Bertz CT molecular complexity index is 449. The second-order valence-corrected chi connectivity index (χ2v) is 4.54. The number of carbonyl (C=O) groups excluding carboxylic acids is 2. The second kappa shape index (κ2) is 3.33. The molecular weight excluding hydrogens is 204 g/mol. The number of anilines is 1. The van der Waals surface area contributed by atoms with Gasteiger partial charge < -0.3 is 0 Å². The van der Waals surface area contributed by atoms with Crippen LogP contribution in [0.25, 0.3) is 0 Å². The number of aryl methyl sites for hydroxylation is 1. The molecule has 2 rings (SSSR count). The summed E-state index contributed by atoms with van der Waals surface area (Å²) in [6.45, 7) is 5.22. The van der Waals surface area contributed by atoms with E-state index in [1.807, 2.05) is 31.2 Å². The molecule has 1 aliphatic rings. The average Bonchev–Trinajstić information content (AvgIpc) is 2.44. The predicted octanol–water partition coefficient (Wildman–Crippen LogP) is 1.40. The van der Waals surface area contributed by atoms with Gasteiger partial charge in [0.25, 0.3) is 11.8 Å². The molecule has 1 aromatic carbocycles. The van der Waals surface area contributed by atoms with Gasteiger partial charge in [0.2, 0.25) is 0 Å². The van der Waals surface area contributed by atoms with Crippen LogP contribution in [0.5, 0.6) is 0 Å². The van der Waals surface area contributed by atoms with Crippen molar-refractivity contribution < 1.29 is 9.59 Å². The highest BCUT2D eigenvalue weighted by atomic mass is 16.2. The molecule has 0 atom stereocenters. The molecule has 84 valence electrons. The number of hydrogen-bond donors (Lipinski definition) is 1. The minimum absolute atomic E-state index is 0.221. The molecule has 4 heteroatoms. The van der Waals surface area contributed by atoms with Crippen molar-refractivity contribution in [1.82, 2.24) is 5.43 Å². The van der Waals surface area contributed by atoms with Gasteiger partial charge in [0, 0.05) is 0 Å². The van der Waals surface area contributed by atoms with Gasteiger partial charge in [-0.2, -0.15) is 0 Å². The van der Waals surface area contributed by atoms with E-state index in [0.717, 1.165) is 5.56 Å². The summed E-state index contributed by atoms with van der Waals surface area (Å²) in [6.07, 6.45) is 0. The lowest BCUT2D eigenvalue weighted by atomic mass is 9.93. The molecule has 4 nitrogen and oxygen atoms in total. The molecule has 0 spiro atoms. The standard InChI is InChI=1S/C12H14N2O2/c1-8-4-6-9(7-5-8)14-11(16)12(2,3)10(15)13-14/h4-7H,1-3H3,(H,13,15). The third-order valence-electron chi connectivity index (χ3n) is 2.81. The summed E-state index contributed by atoms with van der Waals surface area (Å²) in [4.78, 5) is 23.5. The van der Waals surface area contributed by atoms with E-state index in [0.29, 0.717) is 5.69 Å². The van der Waals surface area contributed by atoms with Gasteiger partial charge in [0.15, 0.2) is 0 Å². The van der Waals surface area contributed by atoms with Gasteiger partial charge in [-0.15, -0.1) is 0 Å². The Hall–Kier alpha value is -1.84. The highest BCUT2D eigenvalue weighted by molar-refractivity contribution is 6.17. The van der Waals surface area contributed by atoms with E-state index >= 15 is 0 Å². The van der Waals surface area contributed by atoms with Crippen molar-refractivity contribution in [3.63, 3.8) is 0 Å². The maximum absolute atomic E-state index is 12.0. The summed E-state index contributed by atoms with van der Waals surface area (Å²) in [5, 5.41) is 1.31. The van der Waals surface area contributed by atoms with Crippen molar-refractivity contribution in [1.29, 1.82) is 0 Å². The molecule has 0 bridgehead atoms. The Balaban J connectivity index is 2.35. The molecule has 1 heterocycles. The third-order valence-corrected chi connectivity index (χ3v) is 2.81. The first-order chi connectivity index (χ1) is 7.43. The van der Waals surface area contributed by atoms with Crippen LogP contribution in [-0.4, -0.2) is 11.8 Å². The molecule has 1 N–H and O–H groups in total. The van der Waals surface area contributed by atoms with Crippen LogP contribution in [0, 0.1) is 12.3 Å². The maximum Gasteiger partial charge on any atom is 0.260 e. The molecule has 1 saturated heterocycles. The summed E-state index contributed by atoms with van der Waals surface area (Å²) in [7, 11) is 0. The highest BCUT2D eigenvalue weighted by Gasteiger charge is 2.47. The number of amides is 2. The van der Waals surface area contributed by atoms with E-state index in [1.165, 1.54) is 5.01 Å². The van der Waals surface area contributed by atoms with E-state index in [4.69, 9.17) is 0 Å². The van der Waals surface area contributed by atoms with Gasteiger partial charge >= 0.3 is 0 Å². The summed E-state index contributed by atoms with van der Waals surface area (Å²) in [5.41, 5.74) is 3.39. The second-order valence-electron chi connectivity index (χ2n) is 4.54. The highest BCUT2D eigenvalue weighted by Crippen LogP contribution is 2.28. The average molecular weight is 218 g/mol. The number of rotatable bonds is 1. The van der Waals surface area contributed by atoms with Gasteiger partial charge in [-0.05, 0) is 32.9 Å². The van der Waals surface area contributed by atoms with Gasteiger partial charge in [0.05, 0.1) is 5.69 Å². The smallest absolute Gasteiger partial charge is 0.260 e. The molecule has 0 radical (unpaired) electrons. The lowest BCUT2D eigenvalue weighted by molar-refractivity contribution is -0.133. The number of nitrogens with zero attached hydrogens (tertiary/aromatic N) is 1. The molecule has 16 heavy (non-hydrogen) atoms. The number of carbonyl (C=O) groups is 2. The molecule has 0 aromatic heterocycles. The van der Waals surface area contributed by atoms with Crippen molar-refractivity contribution in [2.45, 2.75) is 20.8 Å². The van der Waals surface area contributed by atoms with E-state index in [-0.39, 0.29) is 11.8 Å². The Morgan fingerprint density at radius 2 is 1.69 bits per heavy atom. The summed E-state index contributed by atoms with van der Waals surface area (Å²) >= 11 is 0. The van der Waals surface area contributed by atoms with Crippen molar-refractivity contribution in [3.8, 4) is 0 Å². The van der Waals surface area contributed by atoms with Gasteiger partial charge in [-0.1, -0.05) is 17.7 Å². The molecule has 1 aromatic rings. The minimum atomic E-state index is -0.981. The molecule has 0 saturated carbocycles. The van der Waals surface area contributed by atoms with Crippen molar-refractivity contribution in [2.75, 3.05) is 5.01 Å². The van der Waals surface area contributed by atoms with Crippen LogP contribution < -0.4 is 10.4 Å². The van der Waals surface area contributed by atoms with Crippen molar-refractivity contribution in [2.24, 2.45) is 5.41 Å². The third kappa shape index (κ3) is 1.46. The zero-order chi connectivity index (χ0) is 11.9. The van der Waals surface area contributed by atoms with Gasteiger partial charge in [-0.25, -0.2) is 5.01 Å². The molecule has 1 aliphatic heterocycles. The summed E-state index contributed by atoms with van der Waals surface area (Å²) in [5.74, 6) is -0.487. The number of benzene rings is 1. The normalized spacial score (nSPS) is 18.8. The molecule has 0 aliphatic carbocycles. The topological polar surface area (TPSA) is 49.4 Å². The largest absolute Gasteiger partial charge is 0.272 e. The lowest BCUT2D eigenvalue weighted by Crippen LogP contribution is -2.36. The van der Waals surface area contributed by atoms with E-state index in [1.54, 1.807) is 13.8 Å². The van der Waals surface area contributed by atoms with E-state index in [2.05, 4.69) is 5.43 Å². The van der Waals surface area contributed by atoms with Gasteiger partial charge in [-0.3, -0.25) is 15.0 Å². The van der Waals surface area contributed by atoms with Crippen LogP contribution in [0.1, 0.15) is 19.4 Å². The lowest BCUT2D eigenvalue weighted by Gasteiger charge is -2.16. The van der Waals surface area contributed by atoms with Crippen LogP contribution >= 0.6 is 0 Å². The predicted molar refractivity (Wildman–Crippen MR) is 60.6 cm³/mol. The Morgan fingerprint density at radius 3 is 2.12 bits per heavy atom. The molecule has 2 amide bonds. The maximum atomic E-state index is 12.0. The molecule has 0 unspecified atom stereocenters. The van der Waals surface area contributed by atoms with Gasteiger partial charge in [0.1, 0.15) is 5.41 Å². The fraction of sp³-hybridized carbons (Fsp3) is 0.333. The van der Waals surface area contributed by atoms with Crippen LogP contribution in [0.4, 0.5) is 5.69 Å². The fourth-order valence-electron chi connectivity index (χ4n) is 1.54. The Morgan fingerprint density at radius 1 is 1.12 bits per heavy atom. The molecular formula is C12H14N2O2. The van der Waals surface area contributed by atoms with Crippen LogP contribution in [-0.2, 0) is 9.59 Å². The zero-order valence-corrected chi connectivity index (χ0v) is 9.57. The fourth-order valence-corrected chi connectivity index (χ4v) is 1.54. The first kappa shape index (κ1) is 10.7. The SMILES string of the molecule is Cc1ccc(N2NC(=O)C(C)(C)C2=O)cc1. The van der Waals surface area contributed by atoms with E-state index in [9.17, 15) is 9.59 Å². The first-order valence-corrected chi connectivity index (χ1v) is 5.15. The van der Waals surface area contributed by atoms with Crippen molar-refractivity contribution >= 4 is 17.5 Å². The Labute approximate surface area is 94.2 Å². The van der Waals surface area contributed by atoms with Crippen molar-refractivity contribution in [3.05, 3.63) is 29.8 Å². The van der Waals surface area contributed by atoms with Crippen LogP contribution in [0.2, 0.25) is 0 Å². The number of nitrogens with one attached hydrogen (secondary N) is 1. The zero-order valence-electron chi connectivity index (χ0n) is 9.57. The summed E-state index contributed by atoms with van der Waals surface area (Å²) in [6, 6.07) is 7.43. The summed E-state index contributed by atoms with van der Waals surface area (Å²) < 4.78 is 0. The minimum Gasteiger partial charge on any atom is -0.272 e. The number of hydrazine groups is 1. The van der Waals surface area contributed by atoms with Crippen LogP contribution in [0.15, 0.2) is 24.3 Å². The first-order valence-electron chi connectivity index (χ1n) is 5.15. The van der Waals surface area contributed by atoms with Crippen LogP contribution in [0.3, 0.4) is 0 Å². The van der Waals surface area contributed by atoms with E-state index < -0.39 is 5.41 Å².